The van der Waals surface area contributed by atoms with Crippen molar-refractivity contribution in [2.45, 2.75) is 26.3 Å². The van der Waals surface area contributed by atoms with Gasteiger partial charge in [0.15, 0.2) is 18.9 Å². The van der Waals surface area contributed by atoms with E-state index in [-0.39, 0.29) is 6.61 Å². The lowest BCUT2D eigenvalue weighted by Crippen LogP contribution is -2.41. The molecule has 7 heteroatoms. The lowest BCUT2D eigenvalue weighted by molar-refractivity contribution is -0.689. The Kier molecular flexibility index (Phi) is 6.90. The largest absolute Gasteiger partial charge is 0.466 e. The van der Waals surface area contributed by atoms with Gasteiger partial charge in [0.1, 0.15) is 0 Å². The molecule has 1 aromatic carbocycles. The SMILES string of the molecule is CCOC(=O)C1=C(C[n+]2ccccc2)NC(C)=C(C(=O)OC)C1c1ccccc1Cl. The number of halogens is 1. The van der Waals surface area contributed by atoms with E-state index in [0.29, 0.717) is 39.7 Å². The third-order valence-corrected chi connectivity index (χ3v) is 5.22. The van der Waals surface area contributed by atoms with Crippen molar-refractivity contribution in [1.29, 1.82) is 0 Å². The minimum Gasteiger partial charge on any atom is -0.466 e. The van der Waals surface area contributed by atoms with Gasteiger partial charge in [-0.15, -0.1) is 0 Å². The van der Waals surface area contributed by atoms with Crippen molar-refractivity contribution in [2.75, 3.05) is 13.7 Å². The Balaban J connectivity index is 2.24. The molecule has 0 spiro atoms. The van der Waals surface area contributed by atoms with Gasteiger partial charge in [-0.3, -0.25) is 0 Å². The number of benzene rings is 1. The summed E-state index contributed by atoms with van der Waals surface area (Å²) in [6.45, 7) is 4.13. The Bertz CT molecular complexity index is 1010. The number of esters is 2. The van der Waals surface area contributed by atoms with Gasteiger partial charge in [-0.25, -0.2) is 9.59 Å². The predicted octanol–water partition coefficient (Wildman–Crippen LogP) is 3.28. The van der Waals surface area contributed by atoms with Crippen molar-refractivity contribution < 1.29 is 23.6 Å². The Morgan fingerprint density at radius 3 is 2.40 bits per heavy atom. The molecule has 3 rings (SSSR count). The first-order chi connectivity index (χ1) is 14.5. The third kappa shape index (κ3) is 4.39. The molecular weight excluding hydrogens is 404 g/mol. The van der Waals surface area contributed by atoms with Crippen LogP contribution in [0.3, 0.4) is 0 Å². The predicted molar refractivity (Wildman–Crippen MR) is 112 cm³/mol. The van der Waals surface area contributed by atoms with E-state index in [9.17, 15) is 9.59 Å². The molecule has 0 fully saturated rings. The summed E-state index contributed by atoms with van der Waals surface area (Å²) in [5.74, 6) is -1.75. The summed E-state index contributed by atoms with van der Waals surface area (Å²) in [5, 5.41) is 3.68. The molecule has 2 heterocycles. The van der Waals surface area contributed by atoms with Gasteiger partial charge in [0, 0.05) is 22.9 Å². The fourth-order valence-electron chi connectivity index (χ4n) is 3.59. The van der Waals surface area contributed by atoms with Gasteiger partial charge in [0.05, 0.1) is 36.5 Å². The molecule has 0 bridgehead atoms. The molecule has 1 N–H and O–H groups in total. The highest BCUT2D eigenvalue weighted by Crippen LogP contribution is 2.41. The van der Waals surface area contributed by atoms with Gasteiger partial charge in [-0.2, -0.15) is 4.57 Å². The highest BCUT2D eigenvalue weighted by molar-refractivity contribution is 6.31. The number of carbonyl (C=O) groups excluding carboxylic acids is 2. The van der Waals surface area contributed by atoms with E-state index >= 15 is 0 Å². The second kappa shape index (κ2) is 9.59. The number of nitrogens with one attached hydrogen (secondary N) is 1. The van der Waals surface area contributed by atoms with Crippen molar-refractivity contribution in [2.24, 2.45) is 0 Å². The van der Waals surface area contributed by atoms with Crippen LogP contribution in [0.25, 0.3) is 0 Å². The van der Waals surface area contributed by atoms with Crippen LogP contribution in [0.15, 0.2) is 77.4 Å². The van der Waals surface area contributed by atoms with Crippen LogP contribution in [0, 0.1) is 0 Å². The topological polar surface area (TPSA) is 68.5 Å². The first-order valence-electron chi connectivity index (χ1n) is 9.62. The quantitative estimate of drug-likeness (QED) is 0.566. The van der Waals surface area contributed by atoms with Crippen LogP contribution >= 0.6 is 11.6 Å². The van der Waals surface area contributed by atoms with Crippen LogP contribution in [0.4, 0.5) is 0 Å². The maximum atomic E-state index is 13.1. The number of pyridine rings is 1. The summed E-state index contributed by atoms with van der Waals surface area (Å²) in [5.41, 5.74) is 2.55. The molecule has 1 aromatic heterocycles. The zero-order chi connectivity index (χ0) is 21.7. The van der Waals surface area contributed by atoms with Crippen LogP contribution in [0.2, 0.25) is 5.02 Å². The number of ether oxygens (including phenoxy) is 2. The van der Waals surface area contributed by atoms with Crippen LogP contribution in [0.1, 0.15) is 25.3 Å². The Morgan fingerprint density at radius 1 is 1.07 bits per heavy atom. The fourth-order valence-corrected chi connectivity index (χ4v) is 3.84. The molecule has 0 amide bonds. The van der Waals surface area contributed by atoms with Crippen LogP contribution in [-0.2, 0) is 25.6 Å². The summed E-state index contributed by atoms with van der Waals surface area (Å²) in [7, 11) is 1.31. The number of rotatable bonds is 6. The lowest BCUT2D eigenvalue weighted by atomic mass is 9.80. The second-order valence-corrected chi connectivity index (χ2v) is 7.18. The number of dihydropyridines is 1. The molecule has 156 valence electrons. The van der Waals surface area contributed by atoms with E-state index in [0.717, 1.165) is 0 Å². The summed E-state index contributed by atoms with van der Waals surface area (Å²) in [6.07, 6.45) is 3.80. The van der Waals surface area contributed by atoms with Crippen molar-refractivity contribution in [3.63, 3.8) is 0 Å². The van der Waals surface area contributed by atoms with Gasteiger partial charge in [-0.1, -0.05) is 35.9 Å². The molecule has 1 aliphatic heterocycles. The smallest absolute Gasteiger partial charge is 0.337 e. The number of nitrogens with zero attached hydrogens (tertiary/aromatic N) is 1. The summed E-state index contributed by atoms with van der Waals surface area (Å²) in [6, 6.07) is 12.9. The van der Waals surface area contributed by atoms with E-state index in [2.05, 4.69) is 5.32 Å². The minimum absolute atomic E-state index is 0.208. The first kappa shape index (κ1) is 21.6. The van der Waals surface area contributed by atoms with E-state index in [4.69, 9.17) is 21.1 Å². The molecular formula is C23H24ClN2O4+. The number of hydrogen-bond acceptors (Lipinski definition) is 5. The second-order valence-electron chi connectivity index (χ2n) is 6.77. The molecule has 6 nitrogen and oxygen atoms in total. The standard InChI is InChI=1S/C23H23ClN2O4/c1-4-30-23(28)21-18(14-26-12-8-5-9-13-26)25-15(2)19(22(27)29-3)20(21)16-10-6-7-11-17(16)24/h5-13,20H,4,14H2,1-3H3/p+1. The van der Waals surface area contributed by atoms with Crippen molar-refractivity contribution in [3.8, 4) is 0 Å². The number of carbonyl (C=O) groups is 2. The summed E-state index contributed by atoms with van der Waals surface area (Å²) < 4.78 is 12.3. The van der Waals surface area contributed by atoms with Crippen molar-refractivity contribution >= 4 is 23.5 Å². The van der Waals surface area contributed by atoms with E-state index in [1.165, 1.54) is 7.11 Å². The van der Waals surface area contributed by atoms with Gasteiger partial charge >= 0.3 is 11.9 Å². The van der Waals surface area contributed by atoms with E-state index in [1.807, 2.05) is 41.2 Å². The number of methoxy groups -OCH3 is 1. The molecule has 0 saturated carbocycles. The van der Waals surface area contributed by atoms with Crippen LogP contribution in [-0.4, -0.2) is 25.7 Å². The molecule has 1 unspecified atom stereocenters. The maximum Gasteiger partial charge on any atom is 0.337 e. The van der Waals surface area contributed by atoms with E-state index in [1.54, 1.807) is 32.0 Å². The molecule has 30 heavy (non-hydrogen) atoms. The van der Waals surface area contributed by atoms with Crippen molar-refractivity contribution in [3.05, 3.63) is 88.0 Å². The monoisotopic (exact) mass is 427 g/mol. The maximum absolute atomic E-state index is 13.1. The van der Waals surface area contributed by atoms with Gasteiger partial charge in [-0.05, 0) is 25.5 Å². The van der Waals surface area contributed by atoms with Gasteiger partial charge in [0.25, 0.3) is 0 Å². The summed E-state index contributed by atoms with van der Waals surface area (Å²) >= 11 is 6.50. The fraction of sp³-hybridized carbons (Fsp3) is 0.261. The van der Waals surface area contributed by atoms with Crippen molar-refractivity contribution in [1.82, 2.24) is 5.32 Å². The zero-order valence-corrected chi connectivity index (χ0v) is 17.9. The Hall–Kier alpha value is -3.12. The third-order valence-electron chi connectivity index (χ3n) is 4.88. The molecule has 1 atom stereocenters. The average molecular weight is 428 g/mol. The normalized spacial score (nSPS) is 16.2. The van der Waals surface area contributed by atoms with Crippen LogP contribution in [0.5, 0.6) is 0 Å². The van der Waals surface area contributed by atoms with Gasteiger partial charge < -0.3 is 14.8 Å². The molecule has 0 aliphatic carbocycles. The van der Waals surface area contributed by atoms with Gasteiger partial charge in [0.2, 0.25) is 0 Å². The summed E-state index contributed by atoms with van der Waals surface area (Å²) in [4.78, 5) is 25.8. The van der Waals surface area contributed by atoms with E-state index < -0.39 is 17.9 Å². The lowest BCUT2D eigenvalue weighted by Gasteiger charge is -2.30. The number of allylic oxidation sites excluding steroid dienone is 2. The number of aromatic nitrogens is 1. The molecule has 2 aromatic rings. The molecule has 1 aliphatic rings. The Morgan fingerprint density at radius 2 is 1.77 bits per heavy atom. The highest BCUT2D eigenvalue weighted by atomic mass is 35.5. The van der Waals surface area contributed by atoms with Crippen LogP contribution < -0.4 is 9.88 Å². The zero-order valence-electron chi connectivity index (χ0n) is 17.1. The first-order valence-corrected chi connectivity index (χ1v) is 10.0. The Labute approximate surface area is 180 Å². The molecule has 0 radical (unpaired) electrons. The minimum atomic E-state index is -0.717. The average Bonchev–Trinajstić information content (AvgIpc) is 2.74. The molecule has 0 saturated heterocycles. The highest BCUT2D eigenvalue weighted by Gasteiger charge is 2.40. The number of hydrogen-bond donors (Lipinski definition) is 1.